The lowest BCUT2D eigenvalue weighted by molar-refractivity contribution is 0.0693. The van der Waals surface area contributed by atoms with E-state index in [1.165, 1.54) is 10.4 Å². The number of halogens is 2. The number of amides is 1. The highest BCUT2D eigenvalue weighted by Crippen LogP contribution is 2.40. The van der Waals surface area contributed by atoms with Crippen molar-refractivity contribution in [2.24, 2.45) is 0 Å². The van der Waals surface area contributed by atoms with Gasteiger partial charge in [-0.25, -0.2) is 4.98 Å². The van der Waals surface area contributed by atoms with E-state index in [-0.39, 0.29) is 22.8 Å². The molecule has 0 saturated heterocycles. The smallest absolute Gasteiger partial charge is 0.274 e. The Labute approximate surface area is 157 Å². The summed E-state index contributed by atoms with van der Waals surface area (Å²) in [5.41, 5.74) is 1.41. The highest BCUT2D eigenvalue weighted by atomic mass is 35.5. The molecule has 0 fully saturated rings. The fourth-order valence-corrected chi connectivity index (χ4v) is 5.09. The first-order chi connectivity index (χ1) is 11.6. The summed E-state index contributed by atoms with van der Waals surface area (Å²) in [5.74, 6) is -0.183. The molecule has 4 heterocycles. The highest BCUT2D eigenvalue weighted by molar-refractivity contribution is 7.10. The Morgan fingerprint density at radius 2 is 2.04 bits per heavy atom. The molecule has 7 heteroatoms. The molecule has 122 valence electrons. The summed E-state index contributed by atoms with van der Waals surface area (Å²) in [4.78, 5) is 21.6. The van der Waals surface area contributed by atoms with E-state index in [9.17, 15) is 4.79 Å². The van der Waals surface area contributed by atoms with Gasteiger partial charge in [-0.1, -0.05) is 29.3 Å². The van der Waals surface area contributed by atoms with Gasteiger partial charge >= 0.3 is 0 Å². The van der Waals surface area contributed by atoms with E-state index < -0.39 is 0 Å². The Morgan fingerprint density at radius 3 is 2.83 bits per heavy atom. The molecule has 1 aliphatic rings. The number of thiophene rings is 2. The summed E-state index contributed by atoms with van der Waals surface area (Å²) in [7, 11) is 0. The quantitative estimate of drug-likeness (QED) is 0.552. The SMILES string of the molecule is O=C(c1nc(Cl)ccc1Cl)N1CCc2sccc2C1c1cccs1. The summed E-state index contributed by atoms with van der Waals surface area (Å²) in [6, 6.07) is 9.29. The van der Waals surface area contributed by atoms with Crippen LogP contribution in [0.15, 0.2) is 41.1 Å². The Hall–Kier alpha value is -1.40. The van der Waals surface area contributed by atoms with E-state index in [0.29, 0.717) is 11.6 Å². The minimum atomic E-state index is -0.183. The predicted molar refractivity (Wildman–Crippen MR) is 99.5 cm³/mol. The number of pyridine rings is 1. The van der Waals surface area contributed by atoms with Crippen molar-refractivity contribution in [1.29, 1.82) is 0 Å². The third-order valence-electron chi connectivity index (χ3n) is 4.05. The van der Waals surface area contributed by atoms with Gasteiger partial charge in [-0.05, 0) is 47.0 Å². The molecule has 1 atom stereocenters. The first-order valence-electron chi connectivity index (χ1n) is 7.38. The lowest BCUT2D eigenvalue weighted by Crippen LogP contribution is -2.40. The maximum Gasteiger partial charge on any atom is 0.274 e. The second-order valence-electron chi connectivity index (χ2n) is 5.43. The number of aromatic nitrogens is 1. The van der Waals surface area contributed by atoms with Crippen LogP contribution in [0, 0.1) is 0 Å². The van der Waals surface area contributed by atoms with Crippen LogP contribution in [0.5, 0.6) is 0 Å². The van der Waals surface area contributed by atoms with Gasteiger partial charge in [0.05, 0.1) is 11.1 Å². The van der Waals surface area contributed by atoms with Crippen LogP contribution in [0.25, 0.3) is 0 Å². The van der Waals surface area contributed by atoms with Crippen LogP contribution in [0.1, 0.15) is 31.8 Å². The van der Waals surface area contributed by atoms with Crippen molar-refractivity contribution in [3.05, 3.63) is 72.3 Å². The minimum Gasteiger partial charge on any atom is -0.325 e. The van der Waals surface area contributed by atoms with Gasteiger partial charge in [-0.2, -0.15) is 0 Å². The van der Waals surface area contributed by atoms with Crippen LogP contribution >= 0.6 is 45.9 Å². The third-order valence-corrected chi connectivity index (χ3v) is 6.49. The number of fused-ring (bicyclic) bond motifs is 1. The summed E-state index contributed by atoms with van der Waals surface area (Å²) >= 11 is 15.6. The zero-order chi connectivity index (χ0) is 16.7. The van der Waals surface area contributed by atoms with Crippen molar-refractivity contribution in [2.45, 2.75) is 12.5 Å². The van der Waals surface area contributed by atoms with Crippen LogP contribution in [0.4, 0.5) is 0 Å². The van der Waals surface area contributed by atoms with Gasteiger partial charge in [0, 0.05) is 16.3 Å². The molecule has 1 unspecified atom stereocenters. The lowest BCUT2D eigenvalue weighted by atomic mass is 9.98. The Bertz CT molecular complexity index is 892. The molecule has 0 radical (unpaired) electrons. The average molecular weight is 395 g/mol. The molecule has 0 bridgehead atoms. The topological polar surface area (TPSA) is 33.2 Å². The molecule has 0 aromatic carbocycles. The van der Waals surface area contributed by atoms with Crippen molar-refractivity contribution in [3.63, 3.8) is 0 Å². The Morgan fingerprint density at radius 1 is 1.17 bits per heavy atom. The van der Waals surface area contributed by atoms with Gasteiger partial charge in [0.25, 0.3) is 5.91 Å². The van der Waals surface area contributed by atoms with Crippen LogP contribution in [-0.2, 0) is 6.42 Å². The Balaban J connectivity index is 1.79. The summed E-state index contributed by atoms with van der Waals surface area (Å²) in [6.07, 6.45) is 0.846. The van der Waals surface area contributed by atoms with Gasteiger partial charge in [0.15, 0.2) is 0 Å². The lowest BCUT2D eigenvalue weighted by Gasteiger charge is -2.35. The third kappa shape index (κ3) is 2.75. The van der Waals surface area contributed by atoms with Crippen molar-refractivity contribution < 1.29 is 4.79 Å². The van der Waals surface area contributed by atoms with Crippen LogP contribution in [-0.4, -0.2) is 22.3 Å². The van der Waals surface area contributed by atoms with E-state index in [1.54, 1.807) is 34.8 Å². The van der Waals surface area contributed by atoms with Crippen molar-refractivity contribution in [2.75, 3.05) is 6.54 Å². The first kappa shape index (κ1) is 16.1. The molecule has 0 saturated carbocycles. The number of hydrogen-bond donors (Lipinski definition) is 0. The number of carbonyl (C=O) groups is 1. The normalized spacial score (nSPS) is 16.9. The second kappa shape index (κ2) is 6.48. The number of nitrogens with zero attached hydrogens (tertiary/aromatic N) is 2. The van der Waals surface area contributed by atoms with Crippen molar-refractivity contribution in [3.8, 4) is 0 Å². The summed E-state index contributed by atoms with van der Waals surface area (Å²) < 4.78 is 0. The molecule has 3 aromatic heterocycles. The van der Waals surface area contributed by atoms with Gasteiger partial charge in [0.2, 0.25) is 0 Å². The highest BCUT2D eigenvalue weighted by Gasteiger charge is 2.35. The molecule has 0 N–H and O–H groups in total. The van der Waals surface area contributed by atoms with E-state index >= 15 is 0 Å². The van der Waals surface area contributed by atoms with Crippen LogP contribution in [0.3, 0.4) is 0 Å². The fourth-order valence-electron chi connectivity index (χ4n) is 2.99. The molecular formula is C17H12Cl2N2OS2. The van der Waals surface area contributed by atoms with E-state index in [2.05, 4.69) is 22.5 Å². The maximum atomic E-state index is 13.1. The molecule has 3 aromatic rings. The molecule has 0 aliphatic carbocycles. The first-order valence-corrected chi connectivity index (χ1v) is 9.89. The van der Waals surface area contributed by atoms with Gasteiger partial charge in [-0.3, -0.25) is 4.79 Å². The molecule has 1 aliphatic heterocycles. The minimum absolute atomic E-state index is 0.0932. The zero-order valence-electron chi connectivity index (χ0n) is 12.4. The monoisotopic (exact) mass is 394 g/mol. The molecule has 0 spiro atoms. The summed E-state index contributed by atoms with van der Waals surface area (Å²) in [5, 5.41) is 4.71. The Kier molecular flexibility index (Phi) is 4.35. The number of carbonyl (C=O) groups excluding carboxylic acids is 1. The maximum absolute atomic E-state index is 13.1. The van der Waals surface area contributed by atoms with Crippen molar-refractivity contribution >= 4 is 51.8 Å². The zero-order valence-corrected chi connectivity index (χ0v) is 15.6. The molecule has 4 rings (SSSR count). The van der Waals surface area contributed by atoms with E-state index in [0.717, 1.165) is 11.3 Å². The van der Waals surface area contributed by atoms with E-state index in [1.807, 2.05) is 16.3 Å². The van der Waals surface area contributed by atoms with Gasteiger partial charge in [-0.15, -0.1) is 22.7 Å². The molecule has 1 amide bonds. The largest absolute Gasteiger partial charge is 0.325 e. The van der Waals surface area contributed by atoms with Crippen LogP contribution in [0.2, 0.25) is 10.2 Å². The molecule has 3 nitrogen and oxygen atoms in total. The second-order valence-corrected chi connectivity index (χ2v) is 8.20. The van der Waals surface area contributed by atoms with Crippen molar-refractivity contribution in [1.82, 2.24) is 9.88 Å². The van der Waals surface area contributed by atoms with E-state index in [4.69, 9.17) is 23.2 Å². The number of hydrogen-bond acceptors (Lipinski definition) is 4. The van der Waals surface area contributed by atoms with Gasteiger partial charge < -0.3 is 4.90 Å². The predicted octanol–water partition coefficient (Wildman–Crippen LogP) is 5.30. The van der Waals surface area contributed by atoms with Crippen LogP contribution < -0.4 is 0 Å². The summed E-state index contributed by atoms with van der Waals surface area (Å²) in [6.45, 7) is 0.638. The fraction of sp³-hybridized carbons (Fsp3) is 0.176. The molecule has 24 heavy (non-hydrogen) atoms. The standard InChI is InChI=1S/C17H12Cl2N2OS2/c18-11-3-4-14(19)20-15(11)17(22)21-7-5-12-10(6-9-24-12)16(21)13-2-1-8-23-13/h1-4,6,8-9,16H,5,7H2. The number of rotatable bonds is 2. The molecular weight excluding hydrogens is 383 g/mol. The average Bonchev–Trinajstić information content (AvgIpc) is 3.26. The van der Waals surface area contributed by atoms with Gasteiger partial charge in [0.1, 0.15) is 10.8 Å².